The average molecular weight is 501 g/mol. The number of halogens is 1. The van der Waals surface area contributed by atoms with Crippen molar-refractivity contribution in [3.05, 3.63) is 46.9 Å². The van der Waals surface area contributed by atoms with Crippen LogP contribution in [0.4, 0.5) is 0 Å². The molecular weight excluding hydrogens is 469 g/mol. The highest BCUT2D eigenvalue weighted by Crippen LogP contribution is 2.28. The van der Waals surface area contributed by atoms with Gasteiger partial charge in [-0.1, -0.05) is 6.07 Å². The standard InChI is InChI=1S/C21H31N3O3.HI/c1-6-25-19-9-8-17(13-20(19)26-7-2)10-11-23-21(22-5)24-14-18-12-15(3)27-16(18)4;/h8-9,12-13H,6-7,10-11,14H2,1-5H3,(H2,22,23,24);1H. The van der Waals surface area contributed by atoms with Crippen molar-refractivity contribution in [3.63, 3.8) is 0 Å². The second-order valence-corrected chi connectivity index (χ2v) is 6.19. The van der Waals surface area contributed by atoms with E-state index in [1.54, 1.807) is 7.05 Å². The average Bonchev–Trinajstić information content (AvgIpc) is 2.97. The van der Waals surface area contributed by atoms with Gasteiger partial charge in [0.1, 0.15) is 11.5 Å². The molecule has 0 aliphatic heterocycles. The van der Waals surface area contributed by atoms with Crippen LogP contribution in [0.1, 0.15) is 36.5 Å². The summed E-state index contributed by atoms with van der Waals surface area (Å²) < 4.78 is 16.9. The molecule has 28 heavy (non-hydrogen) atoms. The van der Waals surface area contributed by atoms with Gasteiger partial charge in [-0.15, -0.1) is 24.0 Å². The molecule has 0 saturated heterocycles. The molecule has 2 aromatic rings. The number of benzene rings is 1. The number of aryl methyl sites for hydroxylation is 2. The summed E-state index contributed by atoms with van der Waals surface area (Å²) >= 11 is 0. The molecule has 0 aliphatic rings. The molecule has 2 rings (SSSR count). The highest BCUT2D eigenvalue weighted by Gasteiger charge is 2.08. The van der Waals surface area contributed by atoms with Gasteiger partial charge >= 0.3 is 0 Å². The lowest BCUT2D eigenvalue weighted by molar-refractivity contribution is 0.287. The van der Waals surface area contributed by atoms with Crippen molar-refractivity contribution in [1.29, 1.82) is 0 Å². The first-order chi connectivity index (χ1) is 13.1. The van der Waals surface area contributed by atoms with Crippen LogP contribution in [0.2, 0.25) is 0 Å². The Kier molecular flexibility index (Phi) is 10.8. The van der Waals surface area contributed by atoms with Gasteiger partial charge in [0.15, 0.2) is 17.5 Å². The fourth-order valence-electron chi connectivity index (χ4n) is 2.83. The van der Waals surface area contributed by atoms with E-state index < -0.39 is 0 Å². The Morgan fingerprint density at radius 1 is 1.04 bits per heavy atom. The number of aliphatic imine (C=N–C) groups is 1. The number of hydrogen-bond acceptors (Lipinski definition) is 4. The maximum atomic E-state index is 5.69. The molecule has 0 saturated carbocycles. The lowest BCUT2D eigenvalue weighted by atomic mass is 10.1. The Labute approximate surface area is 185 Å². The van der Waals surface area contributed by atoms with Crippen molar-refractivity contribution in [2.24, 2.45) is 4.99 Å². The van der Waals surface area contributed by atoms with E-state index in [0.717, 1.165) is 47.5 Å². The molecule has 0 atom stereocenters. The second kappa shape index (κ2) is 12.5. The number of nitrogens with zero attached hydrogens (tertiary/aromatic N) is 1. The minimum Gasteiger partial charge on any atom is -0.490 e. The molecule has 1 heterocycles. The maximum Gasteiger partial charge on any atom is 0.191 e. The molecule has 0 radical (unpaired) electrons. The van der Waals surface area contributed by atoms with Gasteiger partial charge in [-0.05, 0) is 57.9 Å². The highest BCUT2D eigenvalue weighted by atomic mass is 127. The van der Waals surface area contributed by atoms with Gasteiger partial charge in [-0.3, -0.25) is 4.99 Å². The van der Waals surface area contributed by atoms with Crippen LogP contribution in [0.5, 0.6) is 11.5 Å². The predicted molar refractivity (Wildman–Crippen MR) is 124 cm³/mol. The van der Waals surface area contributed by atoms with Crippen molar-refractivity contribution >= 4 is 29.9 Å². The number of nitrogens with one attached hydrogen (secondary N) is 2. The van der Waals surface area contributed by atoms with E-state index in [4.69, 9.17) is 13.9 Å². The quantitative estimate of drug-likeness (QED) is 0.306. The molecule has 7 heteroatoms. The van der Waals surface area contributed by atoms with Crippen molar-refractivity contribution in [2.45, 2.75) is 40.7 Å². The summed E-state index contributed by atoms with van der Waals surface area (Å²) in [6.45, 7) is 10.6. The first-order valence-electron chi connectivity index (χ1n) is 9.46. The molecule has 0 fully saturated rings. The van der Waals surface area contributed by atoms with Crippen LogP contribution in [0.3, 0.4) is 0 Å². The third-order valence-electron chi connectivity index (χ3n) is 4.13. The molecule has 0 amide bonds. The van der Waals surface area contributed by atoms with E-state index in [2.05, 4.69) is 21.7 Å². The van der Waals surface area contributed by atoms with E-state index in [0.29, 0.717) is 19.8 Å². The summed E-state index contributed by atoms with van der Waals surface area (Å²) in [6, 6.07) is 8.14. The summed E-state index contributed by atoms with van der Waals surface area (Å²) in [7, 11) is 1.77. The highest BCUT2D eigenvalue weighted by molar-refractivity contribution is 14.0. The zero-order valence-electron chi connectivity index (χ0n) is 17.4. The van der Waals surface area contributed by atoms with Gasteiger partial charge in [0.2, 0.25) is 0 Å². The van der Waals surface area contributed by atoms with Crippen molar-refractivity contribution in [3.8, 4) is 11.5 Å². The third kappa shape index (κ3) is 7.26. The topological polar surface area (TPSA) is 68.0 Å². The summed E-state index contributed by atoms with van der Waals surface area (Å²) in [6.07, 6.45) is 0.858. The Bertz CT molecular complexity index is 759. The predicted octanol–water partition coefficient (Wildman–Crippen LogP) is 4.22. The minimum atomic E-state index is 0. The van der Waals surface area contributed by atoms with Crippen LogP contribution in [0, 0.1) is 13.8 Å². The number of furan rings is 1. The summed E-state index contributed by atoms with van der Waals surface area (Å²) in [5.41, 5.74) is 2.33. The lowest BCUT2D eigenvalue weighted by Gasteiger charge is -2.14. The van der Waals surface area contributed by atoms with Crippen LogP contribution >= 0.6 is 24.0 Å². The molecule has 2 N–H and O–H groups in total. The number of ether oxygens (including phenoxy) is 2. The first kappa shape index (κ1) is 24.1. The van der Waals surface area contributed by atoms with E-state index in [1.807, 2.05) is 45.9 Å². The fourth-order valence-corrected chi connectivity index (χ4v) is 2.83. The Balaban J connectivity index is 0.00000392. The maximum absolute atomic E-state index is 5.69. The van der Waals surface area contributed by atoms with E-state index >= 15 is 0 Å². The van der Waals surface area contributed by atoms with Gasteiger partial charge < -0.3 is 24.5 Å². The molecule has 156 valence electrons. The van der Waals surface area contributed by atoms with Crippen LogP contribution in [-0.4, -0.2) is 32.8 Å². The summed E-state index contributed by atoms with van der Waals surface area (Å²) in [5, 5.41) is 6.66. The molecule has 1 aromatic heterocycles. The van der Waals surface area contributed by atoms with Crippen molar-refractivity contribution in [1.82, 2.24) is 10.6 Å². The molecular formula is C21H32IN3O3. The number of hydrogen-bond donors (Lipinski definition) is 2. The largest absolute Gasteiger partial charge is 0.490 e. The van der Waals surface area contributed by atoms with Crippen LogP contribution in [-0.2, 0) is 13.0 Å². The van der Waals surface area contributed by atoms with Crippen molar-refractivity contribution in [2.75, 3.05) is 26.8 Å². The summed E-state index contributed by atoms with van der Waals surface area (Å²) in [5.74, 6) is 4.22. The molecule has 0 unspecified atom stereocenters. The van der Waals surface area contributed by atoms with Gasteiger partial charge in [-0.25, -0.2) is 0 Å². The second-order valence-electron chi connectivity index (χ2n) is 6.19. The van der Waals surface area contributed by atoms with Crippen molar-refractivity contribution < 1.29 is 13.9 Å². The Hall–Kier alpha value is -1.90. The van der Waals surface area contributed by atoms with Crippen LogP contribution in [0.15, 0.2) is 33.7 Å². The molecule has 0 bridgehead atoms. The van der Waals surface area contributed by atoms with Gasteiger partial charge in [0, 0.05) is 25.7 Å². The first-order valence-corrected chi connectivity index (χ1v) is 9.46. The normalized spacial score (nSPS) is 11.0. The fraction of sp³-hybridized carbons (Fsp3) is 0.476. The molecule has 6 nitrogen and oxygen atoms in total. The monoisotopic (exact) mass is 501 g/mol. The number of guanidine groups is 1. The summed E-state index contributed by atoms with van der Waals surface area (Å²) in [4.78, 5) is 4.28. The SMILES string of the molecule is CCOc1ccc(CCNC(=NC)NCc2cc(C)oc2C)cc1OCC.I. The van der Waals surface area contributed by atoms with Crippen LogP contribution in [0.25, 0.3) is 0 Å². The third-order valence-corrected chi connectivity index (χ3v) is 4.13. The molecule has 0 aliphatic carbocycles. The van der Waals surface area contributed by atoms with Gasteiger partial charge in [0.05, 0.1) is 13.2 Å². The number of rotatable bonds is 9. The minimum absolute atomic E-state index is 0. The smallest absolute Gasteiger partial charge is 0.191 e. The molecule has 1 aromatic carbocycles. The van der Waals surface area contributed by atoms with Gasteiger partial charge in [-0.2, -0.15) is 0 Å². The van der Waals surface area contributed by atoms with E-state index in [1.165, 1.54) is 5.56 Å². The van der Waals surface area contributed by atoms with E-state index in [-0.39, 0.29) is 24.0 Å². The zero-order chi connectivity index (χ0) is 19.6. The lowest BCUT2D eigenvalue weighted by Crippen LogP contribution is -2.37. The Morgan fingerprint density at radius 2 is 1.75 bits per heavy atom. The van der Waals surface area contributed by atoms with Crippen LogP contribution < -0.4 is 20.1 Å². The zero-order valence-corrected chi connectivity index (χ0v) is 19.8. The Morgan fingerprint density at radius 3 is 2.36 bits per heavy atom. The van der Waals surface area contributed by atoms with E-state index in [9.17, 15) is 0 Å². The van der Waals surface area contributed by atoms with Gasteiger partial charge in [0.25, 0.3) is 0 Å². The molecule has 0 spiro atoms.